The van der Waals surface area contributed by atoms with Crippen LogP contribution in [0.25, 0.3) is 0 Å². The Hall–Kier alpha value is -0.790. The molecule has 0 saturated carbocycles. The molecule has 0 rings (SSSR count). The second-order valence-electron chi connectivity index (χ2n) is 7.19. The minimum absolute atomic E-state index is 0.0286. The maximum Gasteiger partial charge on any atom is 0.305 e. The van der Waals surface area contributed by atoms with Gasteiger partial charge in [-0.3, -0.25) is 9.59 Å². The molecule has 28 heavy (non-hydrogen) atoms. The van der Waals surface area contributed by atoms with Gasteiger partial charge in [0.2, 0.25) is 0 Å². The predicted molar refractivity (Wildman–Crippen MR) is 114 cm³/mol. The van der Waals surface area contributed by atoms with Crippen molar-refractivity contribution in [2.75, 3.05) is 26.0 Å². The molecule has 0 aliphatic heterocycles. The van der Waals surface area contributed by atoms with Crippen molar-refractivity contribution < 1.29 is 23.6 Å². The summed E-state index contributed by atoms with van der Waals surface area (Å²) in [6.07, 6.45) is 11.9. The maximum atomic E-state index is 12.0. The van der Waals surface area contributed by atoms with Crippen LogP contribution in [0.1, 0.15) is 91.4 Å². The van der Waals surface area contributed by atoms with Crippen LogP contribution < -0.4 is 0 Å². The monoisotopic (exact) mass is 419 g/mol. The summed E-state index contributed by atoms with van der Waals surface area (Å²) in [4.78, 5) is 22.6. The second-order valence-corrected chi connectivity index (χ2v) is 8.56. The number of esters is 2. The molecule has 0 aromatic heterocycles. The van der Waals surface area contributed by atoms with Crippen LogP contribution in [0, 0.1) is 0 Å². The van der Waals surface area contributed by atoms with Crippen LogP contribution in [0.4, 0.5) is 0 Å². The number of carbonyl (C=O) groups is 2. The maximum absolute atomic E-state index is 12.0. The molecule has 2 unspecified atom stereocenters. The molecule has 7 heteroatoms. The summed E-state index contributed by atoms with van der Waals surface area (Å²) in [5.41, 5.74) is 0. The van der Waals surface area contributed by atoms with Crippen molar-refractivity contribution in [2.24, 2.45) is 0 Å². The van der Waals surface area contributed by atoms with Gasteiger partial charge in [0.05, 0.1) is 6.61 Å². The molecule has 166 valence electrons. The fourth-order valence-corrected chi connectivity index (χ4v) is 3.90. The Balaban J connectivity index is 4.04. The minimum Gasteiger partial charge on any atom is -0.598 e. The van der Waals surface area contributed by atoms with E-state index in [4.69, 9.17) is 9.47 Å². The van der Waals surface area contributed by atoms with Gasteiger partial charge in [-0.1, -0.05) is 32.6 Å². The number of rotatable bonds is 18. The normalized spacial score (nSPS) is 13.4. The van der Waals surface area contributed by atoms with E-state index in [9.17, 15) is 14.1 Å². The van der Waals surface area contributed by atoms with Crippen molar-refractivity contribution in [1.29, 1.82) is 0 Å². The SMILES string of the molecule is CCCCCC(CCCN(CCCCCCC(=O)OCC)[S+](C)[O-])OC(C)=O. The Morgan fingerprint density at radius 3 is 2.21 bits per heavy atom. The van der Waals surface area contributed by atoms with Crippen molar-refractivity contribution in [1.82, 2.24) is 4.31 Å². The predicted octanol–water partition coefficient (Wildman–Crippen LogP) is 4.39. The van der Waals surface area contributed by atoms with Crippen molar-refractivity contribution in [3.63, 3.8) is 0 Å². The van der Waals surface area contributed by atoms with Gasteiger partial charge < -0.3 is 14.0 Å². The van der Waals surface area contributed by atoms with Crippen LogP contribution in [0.5, 0.6) is 0 Å². The van der Waals surface area contributed by atoms with Gasteiger partial charge >= 0.3 is 11.9 Å². The Morgan fingerprint density at radius 2 is 1.61 bits per heavy atom. The van der Waals surface area contributed by atoms with Crippen LogP contribution in [-0.4, -0.2) is 52.9 Å². The summed E-state index contributed by atoms with van der Waals surface area (Å²) >= 11 is -1.00. The molecule has 0 saturated heterocycles. The zero-order valence-electron chi connectivity index (χ0n) is 18.4. The van der Waals surface area contributed by atoms with Crippen molar-refractivity contribution in [3.05, 3.63) is 0 Å². The zero-order valence-corrected chi connectivity index (χ0v) is 19.2. The third-order valence-electron chi connectivity index (χ3n) is 4.60. The molecule has 0 N–H and O–H groups in total. The Bertz CT molecular complexity index is 406. The summed E-state index contributed by atoms with van der Waals surface area (Å²) in [5.74, 6) is -0.347. The first-order valence-electron chi connectivity index (χ1n) is 10.8. The highest BCUT2D eigenvalue weighted by Crippen LogP contribution is 2.15. The number of nitrogens with zero attached hydrogens (tertiary/aromatic N) is 1. The lowest BCUT2D eigenvalue weighted by molar-refractivity contribution is -0.147. The highest BCUT2D eigenvalue weighted by atomic mass is 32.2. The summed E-state index contributed by atoms with van der Waals surface area (Å²) in [6, 6.07) is 0. The van der Waals surface area contributed by atoms with Gasteiger partial charge in [-0.25, -0.2) is 0 Å². The Kier molecular flexibility index (Phi) is 17.7. The average molecular weight is 420 g/mol. The van der Waals surface area contributed by atoms with E-state index in [0.717, 1.165) is 77.3 Å². The lowest BCUT2D eigenvalue weighted by Crippen LogP contribution is -2.32. The zero-order chi connectivity index (χ0) is 21.2. The van der Waals surface area contributed by atoms with Gasteiger partial charge in [-0.2, -0.15) is 0 Å². The molecule has 2 atom stereocenters. The molecule has 0 amide bonds. The first-order valence-corrected chi connectivity index (χ1v) is 12.3. The van der Waals surface area contributed by atoms with E-state index in [1.165, 1.54) is 6.92 Å². The summed E-state index contributed by atoms with van der Waals surface area (Å²) in [5, 5.41) is 0. The van der Waals surface area contributed by atoms with Crippen molar-refractivity contribution >= 4 is 23.3 Å². The number of ether oxygens (including phenoxy) is 2. The van der Waals surface area contributed by atoms with E-state index >= 15 is 0 Å². The molecule has 6 nitrogen and oxygen atoms in total. The molecular formula is C21H41NO5S. The number of carbonyl (C=O) groups excluding carboxylic acids is 2. The van der Waals surface area contributed by atoms with E-state index in [1.807, 2.05) is 11.2 Å². The standard InChI is InChI=1S/C21H41NO5S/c1-5-7-10-14-20(27-19(3)23)15-13-18-22(28(4)25)17-12-9-8-11-16-21(24)26-6-2/h20H,5-18H2,1-4H3. The van der Waals surface area contributed by atoms with Gasteiger partial charge in [0, 0.05) is 37.8 Å². The lowest BCUT2D eigenvalue weighted by Gasteiger charge is -2.23. The number of hydrogen-bond donors (Lipinski definition) is 0. The molecule has 0 aromatic rings. The lowest BCUT2D eigenvalue weighted by atomic mass is 10.1. The van der Waals surface area contributed by atoms with E-state index in [-0.39, 0.29) is 18.0 Å². The van der Waals surface area contributed by atoms with Gasteiger partial charge in [-0.15, -0.1) is 4.31 Å². The number of unbranched alkanes of at least 4 members (excludes halogenated alkanes) is 5. The topological polar surface area (TPSA) is 78.9 Å². The highest BCUT2D eigenvalue weighted by Gasteiger charge is 2.17. The minimum atomic E-state index is -1.00. The first kappa shape index (κ1) is 27.2. The van der Waals surface area contributed by atoms with E-state index in [1.54, 1.807) is 6.26 Å². The molecule has 0 heterocycles. The van der Waals surface area contributed by atoms with Crippen molar-refractivity contribution in [2.45, 2.75) is 97.5 Å². The summed E-state index contributed by atoms with van der Waals surface area (Å²) in [7, 11) is 0. The van der Waals surface area contributed by atoms with Gasteiger partial charge in [0.1, 0.15) is 12.4 Å². The molecule has 0 aliphatic rings. The molecule has 0 fully saturated rings. The first-order chi connectivity index (χ1) is 13.4. The van der Waals surface area contributed by atoms with Gasteiger partial charge in [0.15, 0.2) is 0 Å². The molecule has 0 aliphatic carbocycles. The molecule has 0 bridgehead atoms. The third-order valence-corrected chi connectivity index (χ3v) is 5.70. The fourth-order valence-electron chi connectivity index (χ4n) is 3.13. The molecule has 0 spiro atoms. The third kappa shape index (κ3) is 16.2. The van der Waals surface area contributed by atoms with Crippen LogP contribution in [0.2, 0.25) is 0 Å². The quantitative estimate of drug-likeness (QED) is 0.186. The summed E-state index contributed by atoms with van der Waals surface area (Å²) < 4.78 is 24.3. The highest BCUT2D eigenvalue weighted by molar-refractivity contribution is 7.88. The summed E-state index contributed by atoms with van der Waals surface area (Å²) in [6.45, 7) is 7.41. The van der Waals surface area contributed by atoms with Gasteiger partial charge in [0.25, 0.3) is 0 Å². The largest absolute Gasteiger partial charge is 0.598 e. The Morgan fingerprint density at radius 1 is 0.964 bits per heavy atom. The van der Waals surface area contributed by atoms with E-state index < -0.39 is 11.4 Å². The van der Waals surface area contributed by atoms with Crippen molar-refractivity contribution in [3.8, 4) is 0 Å². The number of hydrogen-bond acceptors (Lipinski definition) is 6. The fraction of sp³-hybridized carbons (Fsp3) is 0.905. The Labute approximate surface area is 175 Å². The smallest absolute Gasteiger partial charge is 0.305 e. The van der Waals surface area contributed by atoms with Crippen LogP contribution in [-0.2, 0) is 30.4 Å². The van der Waals surface area contributed by atoms with E-state index in [0.29, 0.717) is 13.0 Å². The van der Waals surface area contributed by atoms with Crippen LogP contribution >= 0.6 is 0 Å². The molecule has 0 aromatic carbocycles. The van der Waals surface area contributed by atoms with Crippen LogP contribution in [0.15, 0.2) is 0 Å². The average Bonchev–Trinajstić information content (AvgIpc) is 2.62. The van der Waals surface area contributed by atoms with E-state index in [2.05, 4.69) is 6.92 Å². The van der Waals surface area contributed by atoms with Crippen LogP contribution in [0.3, 0.4) is 0 Å². The molecular weight excluding hydrogens is 378 g/mol. The second kappa shape index (κ2) is 18.3. The molecule has 0 radical (unpaired) electrons. The van der Waals surface area contributed by atoms with Gasteiger partial charge in [-0.05, 0) is 45.4 Å².